The average molecular weight is 403 g/mol. The van der Waals surface area contributed by atoms with Crippen LogP contribution in [0.3, 0.4) is 0 Å². The summed E-state index contributed by atoms with van der Waals surface area (Å²) in [6.07, 6.45) is 21.7. The van der Waals surface area contributed by atoms with Crippen LogP contribution in [0.25, 0.3) is 0 Å². The molecule has 1 aromatic rings. The fourth-order valence-electron chi connectivity index (χ4n) is 4.76. The molecule has 0 amide bonds. The monoisotopic (exact) mass is 402 g/mol. The van der Waals surface area contributed by atoms with Crippen LogP contribution in [0.1, 0.15) is 116 Å². The van der Waals surface area contributed by atoms with Crippen LogP contribution >= 0.6 is 0 Å². The molecule has 1 heteroatoms. The molecule has 0 saturated carbocycles. The lowest BCUT2D eigenvalue weighted by Crippen LogP contribution is -2.42. The molecule has 0 aliphatic rings. The van der Waals surface area contributed by atoms with Gasteiger partial charge in [-0.15, -0.1) is 0 Å². The maximum Gasteiger partial charge on any atom is 0.104 e. The van der Waals surface area contributed by atoms with E-state index < -0.39 is 0 Å². The summed E-state index contributed by atoms with van der Waals surface area (Å²) in [7, 11) is 4.77. The summed E-state index contributed by atoms with van der Waals surface area (Å²) in [6.45, 7) is 7.18. The summed E-state index contributed by atoms with van der Waals surface area (Å²) in [6, 6.07) is 11.0. The van der Waals surface area contributed by atoms with Crippen LogP contribution in [0.4, 0.5) is 0 Å². The summed E-state index contributed by atoms with van der Waals surface area (Å²) >= 11 is 0. The minimum Gasteiger partial charge on any atom is -0.325 e. The van der Waals surface area contributed by atoms with E-state index in [1.807, 2.05) is 0 Å². The predicted molar refractivity (Wildman–Crippen MR) is 131 cm³/mol. The molecule has 0 spiro atoms. The third-order valence-corrected chi connectivity index (χ3v) is 6.31. The summed E-state index contributed by atoms with van der Waals surface area (Å²) < 4.78 is 1.10. The van der Waals surface area contributed by atoms with E-state index in [2.05, 4.69) is 58.3 Å². The Morgan fingerprint density at radius 1 is 0.655 bits per heavy atom. The first kappa shape index (κ1) is 26.2. The lowest BCUT2D eigenvalue weighted by Gasteiger charge is -2.32. The van der Waals surface area contributed by atoms with E-state index in [0.717, 1.165) is 16.9 Å². The van der Waals surface area contributed by atoms with Crippen molar-refractivity contribution in [2.45, 2.75) is 117 Å². The molecule has 0 aromatic heterocycles. The molecule has 0 radical (unpaired) electrons. The van der Waals surface area contributed by atoms with Gasteiger partial charge < -0.3 is 4.48 Å². The molecule has 0 heterocycles. The van der Waals surface area contributed by atoms with Crippen LogP contribution in [-0.4, -0.2) is 25.1 Å². The van der Waals surface area contributed by atoms with Gasteiger partial charge in [0.25, 0.3) is 0 Å². The van der Waals surface area contributed by atoms with Crippen molar-refractivity contribution in [2.75, 3.05) is 20.6 Å². The van der Waals surface area contributed by atoms with E-state index in [-0.39, 0.29) is 0 Å². The van der Waals surface area contributed by atoms with Crippen molar-refractivity contribution in [1.82, 2.24) is 0 Å². The Balaban J connectivity index is 1.91. The first-order valence-corrected chi connectivity index (χ1v) is 12.9. The Morgan fingerprint density at radius 2 is 1.10 bits per heavy atom. The quantitative estimate of drug-likeness (QED) is 0.160. The number of nitrogens with zero attached hydrogens (tertiary/aromatic N) is 1. The topological polar surface area (TPSA) is 0 Å². The van der Waals surface area contributed by atoms with Gasteiger partial charge in [-0.05, 0) is 6.42 Å². The van der Waals surface area contributed by atoms with Crippen LogP contribution < -0.4 is 0 Å². The summed E-state index contributed by atoms with van der Waals surface area (Å²) in [5.74, 6) is 0.825. The van der Waals surface area contributed by atoms with Crippen molar-refractivity contribution in [3.05, 3.63) is 35.9 Å². The lowest BCUT2D eigenvalue weighted by atomic mass is 10.00. The second kappa shape index (κ2) is 16.9. The van der Waals surface area contributed by atoms with E-state index in [9.17, 15) is 0 Å². The molecule has 0 bridgehead atoms. The van der Waals surface area contributed by atoms with Gasteiger partial charge in [0.05, 0.1) is 20.6 Å². The van der Waals surface area contributed by atoms with Crippen molar-refractivity contribution in [2.24, 2.45) is 5.92 Å². The maximum atomic E-state index is 2.45. The third kappa shape index (κ3) is 15.7. The molecule has 0 N–H and O–H groups in total. The zero-order chi connectivity index (χ0) is 21.2. The molecule has 0 fully saturated rings. The highest BCUT2D eigenvalue weighted by atomic mass is 15.3. The minimum atomic E-state index is 0.825. The number of benzene rings is 1. The number of unbranched alkanes of at least 4 members (excludes halogenated alkanes) is 13. The van der Waals surface area contributed by atoms with Gasteiger partial charge in [0.15, 0.2) is 0 Å². The van der Waals surface area contributed by atoms with Gasteiger partial charge in [-0.1, -0.05) is 134 Å². The SMILES string of the molecule is CCCCCCCCCCCCCCCCC(C)C[N+](C)(C)Cc1ccccc1. The van der Waals surface area contributed by atoms with Gasteiger partial charge in [-0.25, -0.2) is 0 Å². The molecule has 1 nitrogen and oxygen atoms in total. The molecule has 1 unspecified atom stereocenters. The van der Waals surface area contributed by atoms with Crippen molar-refractivity contribution in [1.29, 1.82) is 0 Å². The second-order valence-electron chi connectivity index (χ2n) is 10.3. The number of hydrogen-bond acceptors (Lipinski definition) is 0. The standard InChI is InChI=1S/C28H52N/c1-5-6-7-8-9-10-11-12-13-14-15-16-17-19-22-27(2)25-29(3,4)26-28-23-20-18-21-24-28/h18,20-21,23-24,27H,5-17,19,22,25-26H2,1-4H3/q+1. The van der Waals surface area contributed by atoms with Crippen LogP contribution in [0.5, 0.6) is 0 Å². The summed E-state index contributed by atoms with van der Waals surface area (Å²) in [5.41, 5.74) is 1.46. The summed E-state index contributed by atoms with van der Waals surface area (Å²) in [5, 5.41) is 0. The lowest BCUT2D eigenvalue weighted by molar-refractivity contribution is -0.906. The van der Waals surface area contributed by atoms with E-state index >= 15 is 0 Å². The molecule has 1 aromatic carbocycles. The normalized spacial score (nSPS) is 13.0. The summed E-state index contributed by atoms with van der Waals surface area (Å²) in [4.78, 5) is 0. The van der Waals surface area contributed by atoms with Crippen molar-refractivity contribution < 1.29 is 4.48 Å². The Bertz CT molecular complexity index is 464. The average Bonchev–Trinajstić information content (AvgIpc) is 2.68. The first-order chi connectivity index (χ1) is 14.0. The van der Waals surface area contributed by atoms with Crippen LogP contribution in [-0.2, 0) is 6.54 Å². The Hall–Kier alpha value is -0.820. The van der Waals surface area contributed by atoms with E-state index in [1.165, 1.54) is 108 Å². The highest BCUT2D eigenvalue weighted by Gasteiger charge is 2.19. The van der Waals surface area contributed by atoms with Crippen molar-refractivity contribution in [3.8, 4) is 0 Å². The van der Waals surface area contributed by atoms with Crippen LogP contribution in [0.15, 0.2) is 30.3 Å². The highest BCUT2D eigenvalue weighted by molar-refractivity contribution is 5.13. The van der Waals surface area contributed by atoms with Gasteiger partial charge in [-0.3, -0.25) is 0 Å². The molecule has 29 heavy (non-hydrogen) atoms. The van der Waals surface area contributed by atoms with E-state index in [0.29, 0.717) is 0 Å². The Morgan fingerprint density at radius 3 is 1.59 bits per heavy atom. The van der Waals surface area contributed by atoms with E-state index in [4.69, 9.17) is 0 Å². The van der Waals surface area contributed by atoms with Crippen molar-refractivity contribution >= 4 is 0 Å². The fraction of sp³-hybridized carbons (Fsp3) is 0.786. The molecule has 168 valence electrons. The largest absolute Gasteiger partial charge is 0.325 e. The zero-order valence-electron chi connectivity index (χ0n) is 20.4. The molecule has 1 atom stereocenters. The van der Waals surface area contributed by atoms with Gasteiger partial charge >= 0.3 is 0 Å². The number of rotatable bonds is 19. The maximum absolute atomic E-state index is 2.45. The third-order valence-electron chi connectivity index (χ3n) is 6.31. The molecule has 0 aliphatic heterocycles. The smallest absolute Gasteiger partial charge is 0.104 e. The van der Waals surface area contributed by atoms with Crippen LogP contribution in [0.2, 0.25) is 0 Å². The molecule has 1 rings (SSSR count). The predicted octanol–water partition coefficient (Wildman–Crippen LogP) is 8.77. The van der Waals surface area contributed by atoms with Gasteiger partial charge in [0.2, 0.25) is 0 Å². The molecule has 0 aliphatic carbocycles. The Kier molecular flexibility index (Phi) is 15.3. The molecular formula is C28H52N+. The van der Waals surface area contributed by atoms with Gasteiger partial charge in [0, 0.05) is 11.5 Å². The highest BCUT2D eigenvalue weighted by Crippen LogP contribution is 2.18. The van der Waals surface area contributed by atoms with Crippen molar-refractivity contribution in [3.63, 3.8) is 0 Å². The van der Waals surface area contributed by atoms with Crippen LogP contribution in [0, 0.1) is 5.92 Å². The van der Waals surface area contributed by atoms with Gasteiger partial charge in [0.1, 0.15) is 6.54 Å². The minimum absolute atomic E-state index is 0.825. The first-order valence-electron chi connectivity index (χ1n) is 12.9. The Labute approximate surface area is 183 Å². The fourth-order valence-corrected chi connectivity index (χ4v) is 4.76. The van der Waals surface area contributed by atoms with Gasteiger partial charge in [-0.2, -0.15) is 0 Å². The molecule has 0 saturated heterocycles. The molecular weight excluding hydrogens is 350 g/mol. The number of quaternary nitrogens is 1. The second-order valence-corrected chi connectivity index (χ2v) is 10.3. The number of hydrogen-bond donors (Lipinski definition) is 0. The zero-order valence-corrected chi connectivity index (χ0v) is 20.4. The van der Waals surface area contributed by atoms with E-state index in [1.54, 1.807) is 0 Å².